The van der Waals surface area contributed by atoms with E-state index in [-0.39, 0.29) is 0 Å². The fraction of sp³-hybridized carbons (Fsp3) is 0.500. The number of benzene rings is 1. The van der Waals surface area contributed by atoms with Gasteiger partial charge in [-0.25, -0.2) is 0 Å². The zero-order chi connectivity index (χ0) is 11.9. The van der Waals surface area contributed by atoms with Crippen LogP contribution in [0.25, 0.3) is 0 Å². The van der Waals surface area contributed by atoms with Crippen LogP contribution in [0.3, 0.4) is 0 Å². The van der Waals surface area contributed by atoms with Crippen molar-refractivity contribution in [2.75, 3.05) is 5.75 Å². The van der Waals surface area contributed by atoms with Crippen molar-refractivity contribution in [1.29, 1.82) is 0 Å². The van der Waals surface area contributed by atoms with Gasteiger partial charge in [0, 0.05) is 10.6 Å². The summed E-state index contributed by atoms with van der Waals surface area (Å²) in [6, 6.07) is 10.8. The van der Waals surface area contributed by atoms with Crippen LogP contribution in [0.5, 0.6) is 0 Å². The van der Waals surface area contributed by atoms with Gasteiger partial charge >= 0.3 is 0 Å². The Kier molecular flexibility index (Phi) is 5.18. The Labute approximate surface area is 110 Å². The van der Waals surface area contributed by atoms with Gasteiger partial charge in [-0.1, -0.05) is 37.1 Å². The molecule has 0 heterocycles. The van der Waals surface area contributed by atoms with Crippen molar-refractivity contribution >= 4 is 11.8 Å². The van der Waals surface area contributed by atoms with Crippen molar-refractivity contribution in [3.63, 3.8) is 0 Å². The van der Waals surface area contributed by atoms with Crippen LogP contribution in [-0.4, -0.2) is 5.75 Å². The fourth-order valence-corrected chi connectivity index (χ4v) is 3.94. The lowest BCUT2D eigenvalue weighted by Crippen LogP contribution is -2.21. The van der Waals surface area contributed by atoms with E-state index in [0.717, 1.165) is 11.8 Å². The molecule has 0 unspecified atom stereocenters. The Bertz CT molecular complexity index is 331. The summed E-state index contributed by atoms with van der Waals surface area (Å²) in [5.41, 5.74) is 0. The van der Waals surface area contributed by atoms with Crippen LogP contribution >= 0.6 is 11.8 Å². The molecule has 1 aromatic carbocycles. The zero-order valence-corrected chi connectivity index (χ0v) is 11.3. The summed E-state index contributed by atoms with van der Waals surface area (Å²) >= 11 is 2.02. The second-order valence-electron chi connectivity index (χ2n) is 4.95. The molecule has 0 spiro atoms. The number of hydrogen-bond donors (Lipinski definition) is 0. The quantitative estimate of drug-likeness (QED) is 0.511. The SMILES string of the molecule is C=CC[C@@H]1CCCC[C@@H]1CSc1ccccc1. The van der Waals surface area contributed by atoms with Gasteiger partial charge in [-0.3, -0.25) is 0 Å². The number of hydrogen-bond acceptors (Lipinski definition) is 1. The maximum Gasteiger partial charge on any atom is 0.00720 e. The Morgan fingerprint density at radius 2 is 1.82 bits per heavy atom. The van der Waals surface area contributed by atoms with E-state index in [0.29, 0.717) is 0 Å². The van der Waals surface area contributed by atoms with E-state index in [2.05, 4.69) is 43.0 Å². The van der Waals surface area contributed by atoms with Crippen molar-refractivity contribution in [1.82, 2.24) is 0 Å². The molecule has 0 saturated heterocycles. The molecule has 0 aromatic heterocycles. The van der Waals surface area contributed by atoms with E-state index in [1.165, 1.54) is 42.8 Å². The van der Waals surface area contributed by atoms with Gasteiger partial charge in [-0.05, 0) is 43.2 Å². The molecular weight excluding hydrogens is 224 g/mol. The van der Waals surface area contributed by atoms with Crippen molar-refractivity contribution in [3.8, 4) is 0 Å². The predicted molar refractivity (Wildman–Crippen MR) is 77.4 cm³/mol. The first-order valence-corrected chi connectivity index (χ1v) is 7.67. The Morgan fingerprint density at radius 1 is 1.12 bits per heavy atom. The van der Waals surface area contributed by atoms with E-state index in [1.54, 1.807) is 0 Å². The third-order valence-electron chi connectivity index (χ3n) is 3.74. The average molecular weight is 246 g/mol. The second kappa shape index (κ2) is 6.90. The first-order valence-electron chi connectivity index (χ1n) is 6.69. The van der Waals surface area contributed by atoms with E-state index in [1.807, 2.05) is 11.8 Å². The second-order valence-corrected chi connectivity index (χ2v) is 6.05. The van der Waals surface area contributed by atoms with Gasteiger partial charge in [0.1, 0.15) is 0 Å². The largest absolute Gasteiger partial charge is 0.126 e. The average Bonchev–Trinajstić information content (AvgIpc) is 2.39. The number of allylic oxidation sites excluding steroid dienone is 1. The molecule has 0 amide bonds. The highest BCUT2D eigenvalue weighted by molar-refractivity contribution is 7.99. The van der Waals surface area contributed by atoms with Crippen molar-refractivity contribution in [3.05, 3.63) is 43.0 Å². The summed E-state index contributed by atoms with van der Waals surface area (Å²) in [6.45, 7) is 3.90. The summed E-state index contributed by atoms with van der Waals surface area (Å²) in [6.07, 6.45) is 8.99. The lowest BCUT2D eigenvalue weighted by molar-refractivity contribution is 0.263. The zero-order valence-electron chi connectivity index (χ0n) is 10.5. The van der Waals surface area contributed by atoms with Crippen LogP contribution < -0.4 is 0 Å². The monoisotopic (exact) mass is 246 g/mol. The molecule has 2 atom stereocenters. The topological polar surface area (TPSA) is 0 Å². The van der Waals surface area contributed by atoms with E-state index >= 15 is 0 Å². The van der Waals surface area contributed by atoms with Gasteiger partial charge in [0.2, 0.25) is 0 Å². The minimum atomic E-state index is 0.887. The van der Waals surface area contributed by atoms with Crippen LogP contribution in [0.1, 0.15) is 32.1 Å². The smallest absolute Gasteiger partial charge is 0.00720 e. The van der Waals surface area contributed by atoms with Crippen LogP contribution in [0.2, 0.25) is 0 Å². The van der Waals surface area contributed by atoms with Gasteiger partial charge in [0.15, 0.2) is 0 Å². The van der Waals surface area contributed by atoms with Gasteiger partial charge < -0.3 is 0 Å². The summed E-state index contributed by atoms with van der Waals surface area (Å²) in [4.78, 5) is 1.41. The minimum Gasteiger partial charge on any atom is -0.126 e. The maximum absolute atomic E-state index is 3.90. The third-order valence-corrected chi connectivity index (χ3v) is 4.94. The van der Waals surface area contributed by atoms with Gasteiger partial charge in [0.05, 0.1) is 0 Å². The molecule has 2 rings (SSSR count). The van der Waals surface area contributed by atoms with Crippen LogP contribution in [0, 0.1) is 11.8 Å². The lowest BCUT2D eigenvalue weighted by atomic mass is 9.78. The molecule has 1 aliphatic carbocycles. The third kappa shape index (κ3) is 3.92. The molecule has 1 aliphatic rings. The molecule has 0 N–H and O–H groups in total. The fourth-order valence-electron chi connectivity index (χ4n) is 2.75. The van der Waals surface area contributed by atoms with Crippen molar-refractivity contribution < 1.29 is 0 Å². The molecule has 1 saturated carbocycles. The normalized spacial score (nSPS) is 24.5. The van der Waals surface area contributed by atoms with Crippen molar-refractivity contribution in [2.24, 2.45) is 11.8 Å². The molecule has 0 radical (unpaired) electrons. The van der Waals surface area contributed by atoms with Gasteiger partial charge in [-0.2, -0.15) is 0 Å². The van der Waals surface area contributed by atoms with E-state index in [4.69, 9.17) is 0 Å². The molecule has 1 aromatic rings. The van der Waals surface area contributed by atoms with E-state index in [9.17, 15) is 0 Å². The standard InChI is InChI=1S/C16H22S/c1-2-8-14-9-6-7-10-15(14)13-17-16-11-4-3-5-12-16/h2-5,11-12,14-15H,1,6-10,13H2/t14-,15-/m1/s1. The van der Waals surface area contributed by atoms with Crippen molar-refractivity contribution in [2.45, 2.75) is 37.0 Å². The Balaban J connectivity index is 1.86. The number of rotatable bonds is 5. The highest BCUT2D eigenvalue weighted by Gasteiger charge is 2.23. The molecule has 17 heavy (non-hydrogen) atoms. The molecule has 1 heteroatoms. The highest BCUT2D eigenvalue weighted by Crippen LogP contribution is 2.36. The molecule has 0 bridgehead atoms. The summed E-state index contributed by atoms with van der Waals surface area (Å²) < 4.78 is 0. The lowest BCUT2D eigenvalue weighted by Gasteiger charge is -2.30. The van der Waals surface area contributed by atoms with Crippen LogP contribution in [0.15, 0.2) is 47.9 Å². The van der Waals surface area contributed by atoms with Gasteiger partial charge in [0.25, 0.3) is 0 Å². The summed E-state index contributed by atoms with van der Waals surface area (Å²) in [7, 11) is 0. The molecule has 0 aliphatic heterocycles. The van der Waals surface area contributed by atoms with Gasteiger partial charge in [-0.15, -0.1) is 18.3 Å². The first kappa shape index (κ1) is 12.8. The highest BCUT2D eigenvalue weighted by atomic mass is 32.2. The predicted octanol–water partition coefficient (Wildman–Crippen LogP) is 5.16. The van der Waals surface area contributed by atoms with E-state index < -0.39 is 0 Å². The Hall–Kier alpha value is -0.690. The van der Waals surface area contributed by atoms with Crippen LogP contribution in [-0.2, 0) is 0 Å². The first-order chi connectivity index (χ1) is 8.40. The molecular formula is C16H22S. The minimum absolute atomic E-state index is 0.887. The maximum atomic E-state index is 3.90. The summed E-state index contributed by atoms with van der Waals surface area (Å²) in [5, 5.41) is 0. The number of thioether (sulfide) groups is 1. The molecule has 0 nitrogen and oxygen atoms in total. The van der Waals surface area contributed by atoms with Crippen LogP contribution in [0.4, 0.5) is 0 Å². The molecule has 1 fully saturated rings. The Morgan fingerprint density at radius 3 is 2.53 bits per heavy atom. The summed E-state index contributed by atoms with van der Waals surface area (Å²) in [5.74, 6) is 3.06. The molecule has 92 valence electrons.